The summed E-state index contributed by atoms with van der Waals surface area (Å²) in [5, 5.41) is 11.4. The first kappa shape index (κ1) is 17.6. The normalized spacial score (nSPS) is 40.5. The van der Waals surface area contributed by atoms with Crippen LogP contribution in [0.1, 0.15) is 34.6 Å². The van der Waals surface area contributed by atoms with Crippen molar-refractivity contribution in [3.05, 3.63) is 0 Å². The molecule has 0 unspecified atom stereocenters. The van der Waals surface area contributed by atoms with Gasteiger partial charge in [0.05, 0.1) is 0 Å². The Morgan fingerprint density at radius 1 is 0.958 bits per heavy atom. The van der Waals surface area contributed by atoms with E-state index >= 15 is 0 Å². The van der Waals surface area contributed by atoms with E-state index in [0.29, 0.717) is 0 Å². The Labute approximate surface area is 139 Å². The van der Waals surface area contributed by atoms with E-state index in [4.69, 9.17) is 28.8 Å². The summed E-state index contributed by atoms with van der Waals surface area (Å²) in [5.41, 5.74) is 0. The van der Waals surface area contributed by atoms with Crippen LogP contribution in [0.2, 0.25) is 0 Å². The van der Waals surface area contributed by atoms with Crippen LogP contribution in [0.15, 0.2) is 0 Å². The molecule has 3 heterocycles. The summed E-state index contributed by atoms with van der Waals surface area (Å²) in [4.78, 5) is 23.4. The van der Waals surface area contributed by atoms with E-state index in [1.165, 1.54) is 6.92 Å². The number of carbonyl (C=O) groups is 2. The molecule has 3 fully saturated rings. The monoisotopic (exact) mass is 345 g/mol. The van der Waals surface area contributed by atoms with Gasteiger partial charge in [0.2, 0.25) is 0 Å². The lowest BCUT2D eigenvalue weighted by molar-refractivity contribution is -0.231. The van der Waals surface area contributed by atoms with Crippen LogP contribution >= 0.6 is 0 Å². The van der Waals surface area contributed by atoms with Gasteiger partial charge in [-0.1, -0.05) is 0 Å². The first-order chi connectivity index (χ1) is 11.0. The topological polar surface area (TPSA) is 113 Å². The highest BCUT2D eigenvalue weighted by atomic mass is 16.9. The largest absolute Gasteiger partial charge is 0.480 e. The summed E-state index contributed by atoms with van der Waals surface area (Å²) in [5.74, 6) is -3.52. The first-order valence-electron chi connectivity index (χ1n) is 7.89. The van der Waals surface area contributed by atoms with Crippen LogP contribution < -0.4 is 5.32 Å². The molecule has 0 radical (unpaired) electrons. The van der Waals surface area contributed by atoms with Gasteiger partial charge in [-0.15, -0.1) is 0 Å². The average Bonchev–Trinajstić information content (AvgIpc) is 2.91. The van der Waals surface area contributed by atoms with Crippen molar-refractivity contribution in [2.45, 2.75) is 82.9 Å². The lowest BCUT2D eigenvalue weighted by Crippen LogP contribution is -2.60. The zero-order valence-electron chi connectivity index (χ0n) is 14.3. The van der Waals surface area contributed by atoms with E-state index in [0.717, 1.165) is 0 Å². The zero-order valence-corrected chi connectivity index (χ0v) is 14.3. The number of carbonyl (C=O) groups excluding carboxylic acids is 1. The molecule has 0 saturated carbocycles. The maximum atomic E-state index is 12.5. The Balaban J connectivity index is 1.82. The van der Waals surface area contributed by atoms with Gasteiger partial charge >= 0.3 is 5.97 Å². The molecule has 9 heteroatoms. The average molecular weight is 345 g/mol. The molecule has 0 aromatic carbocycles. The van der Waals surface area contributed by atoms with Gasteiger partial charge in [-0.2, -0.15) is 0 Å². The van der Waals surface area contributed by atoms with Crippen molar-refractivity contribution in [2.75, 3.05) is 0 Å². The predicted molar refractivity (Wildman–Crippen MR) is 77.8 cm³/mol. The number of hydrogen-bond donors (Lipinski definition) is 2. The molecule has 1 amide bonds. The third kappa shape index (κ3) is 3.14. The lowest BCUT2D eigenvalue weighted by Gasteiger charge is -2.36. The van der Waals surface area contributed by atoms with Gasteiger partial charge in [-0.25, -0.2) is 0 Å². The van der Waals surface area contributed by atoms with E-state index in [2.05, 4.69) is 5.32 Å². The number of carboxylic acid groups (broad SMARTS) is 1. The maximum Gasteiger partial charge on any atom is 0.325 e. The van der Waals surface area contributed by atoms with Crippen LogP contribution in [-0.2, 0) is 33.3 Å². The molecule has 0 aliphatic carbocycles. The van der Waals surface area contributed by atoms with Gasteiger partial charge in [0, 0.05) is 0 Å². The maximum absolute atomic E-state index is 12.5. The third-order valence-electron chi connectivity index (χ3n) is 4.14. The molecule has 0 spiro atoms. The second kappa shape index (κ2) is 5.63. The van der Waals surface area contributed by atoms with Crippen LogP contribution in [-0.4, -0.2) is 65.3 Å². The van der Waals surface area contributed by atoms with E-state index in [1.807, 2.05) is 0 Å². The lowest BCUT2D eigenvalue weighted by atomic mass is 9.98. The minimum Gasteiger partial charge on any atom is -0.480 e. The van der Waals surface area contributed by atoms with Crippen LogP contribution in [0.5, 0.6) is 0 Å². The molecular formula is C15H23NO8. The number of ether oxygens (including phenoxy) is 5. The van der Waals surface area contributed by atoms with Crippen molar-refractivity contribution in [2.24, 2.45) is 0 Å². The molecule has 6 atom stereocenters. The Bertz CT molecular complexity index is 548. The van der Waals surface area contributed by atoms with Crippen molar-refractivity contribution in [1.82, 2.24) is 5.32 Å². The van der Waals surface area contributed by atoms with Gasteiger partial charge < -0.3 is 34.1 Å². The molecule has 3 aliphatic heterocycles. The minimum absolute atomic E-state index is 0.535. The van der Waals surface area contributed by atoms with Gasteiger partial charge in [-0.3, -0.25) is 9.59 Å². The molecule has 3 aliphatic rings. The van der Waals surface area contributed by atoms with E-state index in [-0.39, 0.29) is 0 Å². The highest BCUT2D eigenvalue weighted by molar-refractivity contribution is 5.86. The fourth-order valence-electron chi connectivity index (χ4n) is 3.18. The summed E-state index contributed by atoms with van der Waals surface area (Å²) in [6.45, 7) is 8.32. The molecule has 9 nitrogen and oxygen atoms in total. The second-order valence-electron chi connectivity index (χ2n) is 7.16. The Morgan fingerprint density at radius 2 is 1.50 bits per heavy atom. The van der Waals surface area contributed by atoms with E-state index in [1.54, 1.807) is 27.7 Å². The van der Waals surface area contributed by atoms with Crippen molar-refractivity contribution in [3.8, 4) is 0 Å². The van der Waals surface area contributed by atoms with Gasteiger partial charge in [0.1, 0.15) is 24.4 Å². The summed E-state index contributed by atoms with van der Waals surface area (Å²) >= 11 is 0. The van der Waals surface area contributed by atoms with Gasteiger partial charge in [-0.05, 0) is 34.6 Å². The van der Waals surface area contributed by atoms with E-state index in [9.17, 15) is 9.59 Å². The number of carboxylic acids is 1. The van der Waals surface area contributed by atoms with Gasteiger partial charge in [0.25, 0.3) is 5.91 Å². The van der Waals surface area contributed by atoms with Gasteiger partial charge in [0.15, 0.2) is 24.0 Å². The Morgan fingerprint density at radius 3 is 2.12 bits per heavy atom. The van der Waals surface area contributed by atoms with Crippen molar-refractivity contribution in [1.29, 1.82) is 0 Å². The number of amides is 1. The van der Waals surface area contributed by atoms with Crippen molar-refractivity contribution in [3.63, 3.8) is 0 Å². The van der Waals surface area contributed by atoms with Crippen LogP contribution in [0.4, 0.5) is 0 Å². The van der Waals surface area contributed by atoms with Crippen molar-refractivity contribution < 1.29 is 38.4 Å². The van der Waals surface area contributed by atoms with Crippen LogP contribution in [0.3, 0.4) is 0 Å². The van der Waals surface area contributed by atoms with Crippen LogP contribution in [0, 0.1) is 0 Å². The molecule has 3 saturated heterocycles. The summed E-state index contributed by atoms with van der Waals surface area (Å²) in [6, 6.07) is -1.05. The third-order valence-corrected chi connectivity index (χ3v) is 4.14. The van der Waals surface area contributed by atoms with Crippen LogP contribution in [0.25, 0.3) is 0 Å². The number of fused-ring (bicyclic) bond motifs is 3. The summed E-state index contributed by atoms with van der Waals surface area (Å²) < 4.78 is 29.0. The number of nitrogens with one attached hydrogen (secondary N) is 1. The quantitative estimate of drug-likeness (QED) is 0.733. The molecule has 24 heavy (non-hydrogen) atoms. The molecule has 0 bridgehead atoms. The Kier molecular flexibility index (Phi) is 4.12. The smallest absolute Gasteiger partial charge is 0.325 e. The zero-order chi connectivity index (χ0) is 17.9. The fourth-order valence-corrected chi connectivity index (χ4v) is 3.18. The second-order valence-corrected chi connectivity index (χ2v) is 7.16. The standard InChI is InChI=1S/C15H23NO8/c1-6(12(18)19)16-11(17)9-7-8(22-14(2,3)21-7)10-13(20-9)24-15(4,5)23-10/h6-10,13H,1-5H3,(H,16,17)(H,18,19)/t6-,7+,8+,9-,10-,13+/m1/s1. The number of aliphatic carboxylic acids is 1. The summed E-state index contributed by atoms with van der Waals surface area (Å²) in [7, 11) is 0. The molecule has 0 aromatic heterocycles. The molecular weight excluding hydrogens is 322 g/mol. The first-order valence-corrected chi connectivity index (χ1v) is 7.89. The van der Waals surface area contributed by atoms with Crippen molar-refractivity contribution >= 4 is 11.9 Å². The predicted octanol–water partition coefficient (Wildman–Crippen LogP) is -0.0278. The van der Waals surface area contributed by atoms with E-state index < -0.39 is 60.2 Å². The Hall–Kier alpha value is -1.26. The highest BCUT2D eigenvalue weighted by Gasteiger charge is 2.62. The number of rotatable bonds is 3. The molecule has 136 valence electrons. The molecule has 3 rings (SSSR count). The summed E-state index contributed by atoms with van der Waals surface area (Å²) in [6.07, 6.45) is -3.67. The highest BCUT2D eigenvalue weighted by Crippen LogP contribution is 2.44. The minimum atomic E-state index is -1.14. The SMILES string of the molecule is C[C@@H](NC(=O)[C@@H]1O[C@H]2OC(C)(C)O[C@@H]2[C@H]2OC(C)(C)O[C@@H]21)C(=O)O. The molecule has 2 N–H and O–H groups in total. The number of hydrogen-bond acceptors (Lipinski definition) is 7. The fraction of sp³-hybridized carbons (Fsp3) is 0.867. The molecule has 0 aromatic rings.